The van der Waals surface area contributed by atoms with Crippen LogP contribution in [0.1, 0.15) is 32.1 Å². The molecule has 0 spiro atoms. The Morgan fingerprint density at radius 1 is 1.27 bits per heavy atom. The van der Waals surface area contributed by atoms with Crippen LogP contribution in [0.2, 0.25) is 0 Å². The zero-order chi connectivity index (χ0) is 10.7. The van der Waals surface area contributed by atoms with Crippen molar-refractivity contribution in [2.45, 2.75) is 44.2 Å². The minimum Gasteiger partial charge on any atom is -0.393 e. The van der Waals surface area contributed by atoms with Gasteiger partial charge in [0.15, 0.2) is 0 Å². The molecule has 1 aliphatic heterocycles. The molecule has 2 rings (SSSR count). The normalized spacial score (nSPS) is 36.6. The smallest absolute Gasteiger partial charge is 0.0546 e. The van der Waals surface area contributed by atoms with Gasteiger partial charge in [-0.2, -0.15) is 0 Å². The lowest BCUT2D eigenvalue weighted by Gasteiger charge is -2.36. The molecule has 1 aliphatic carbocycles. The number of rotatable bonds is 4. The van der Waals surface area contributed by atoms with Crippen molar-refractivity contribution in [2.24, 2.45) is 5.92 Å². The fourth-order valence-corrected chi connectivity index (χ4v) is 2.82. The summed E-state index contributed by atoms with van der Waals surface area (Å²) >= 11 is 0. The molecular weight excluding hydrogens is 188 g/mol. The van der Waals surface area contributed by atoms with Gasteiger partial charge in [-0.15, -0.1) is 0 Å². The van der Waals surface area contributed by atoms with Crippen LogP contribution in [0.4, 0.5) is 0 Å². The summed E-state index contributed by atoms with van der Waals surface area (Å²) in [6, 6.07) is 0.703. The molecule has 0 aromatic rings. The van der Waals surface area contributed by atoms with Gasteiger partial charge in [0, 0.05) is 19.1 Å². The van der Waals surface area contributed by atoms with Crippen LogP contribution in [0.15, 0.2) is 0 Å². The molecule has 0 aromatic carbocycles. The monoisotopic (exact) mass is 212 g/mol. The van der Waals surface area contributed by atoms with Crippen molar-refractivity contribution in [1.82, 2.24) is 10.2 Å². The standard InChI is InChI=1S/C12H24N2O/c1-14(8-10-6-12(15)7-10)9-11-4-2-3-5-13-11/h10-13,15H,2-9H2,1H3. The fraction of sp³-hybridized carbons (Fsp3) is 1.00. The summed E-state index contributed by atoms with van der Waals surface area (Å²) in [6.45, 7) is 3.53. The Hall–Kier alpha value is -0.120. The molecule has 1 heterocycles. The first-order valence-corrected chi connectivity index (χ1v) is 6.34. The lowest BCUT2D eigenvalue weighted by Crippen LogP contribution is -2.45. The molecule has 0 aromatic heterocycles. The molecule has 3 nitrogen and oxygen atoms in total. The van der Waals surface area contributed by atoms with Crippen molar-refractivity contribution in [3.05, 3.63) is 0 Å². The number of nitrogens with one attached hydrogen (secondary N) is 1. The Morgan fingerprint density at radius 2 is 2.07 bits per heavy atom. The van der Waals surface area contributed by atoms with E-state index >= 15 is 0 Å². The van der Waals surface area contributed by atoms with Crippen molar-refractivity contribution >= 4 is 0 Å². The minimum absolute atomic E-state index is 0.00351. The van der Waals surface area contributed by atoms with Gasteiger partial charge in [-0.3, -0.25) is 0 Å². The van der Waals surface area contributed by atoms with Gasteiger partial charge in [0.25, 0.3) is 0 Å². The maximum absolute atomic E-state index is 9.22. The Labute approximate surface area is 92.8 Å². The summed E-state index contributed by atoms with van der Waals surface area (Å²) in [7, 11) is 2.21. The first-order chi connectivity index (χ1) is 7.24. The predicted octanol–water partition coefficient (Wildman–Crippen LogP) is 0.831. The summed E-state index contributed by atoms with van der Waals surface area (Å²) in [4.78, 5) is 2.43. The third kappa shape index (κ3) is 3.44. The van der Waals surface area contributed by atoms with Crippen LogP contribution < -0.4 is 5.32 Å². The quantitative estimate of drug-likeness (QED) is 0.724. The Kier molecular flexibility index (Phi) is 4.00. The Bertz CT molecular complexity index is 186. The summed E-state index contributed by atoms with van der Waals surface area (Å²) in [5.41, 5.74) is 0. The van der Waals surface area contributed by atoms with Crippen LogP contribution in [-0.2, 0) is 0 Å². The topological polar surface area (TPSA) is 35.5 Å². The lowest BCUT2D eigenvalue weighted by atomic mass is 9.82. The van der Waals surface area contributed by atoms with Crippen LogP contribution in [-0.4, -0.2) is 48.8 Å². The van der Waals surface area contributed by atoms with Crippen LogP contribution >= 0.6 is 0 Å². The Balaban J connectivity index is 1.61. The van der Waals surface area contributed by atoms with E-state index in [1.54, 1.807) is 0 Å². The number of aliphatic hydroxyl groups excluding tert-OH is 1. The van der Waals surface area contributed by atoms with Gasteiger partial charge in [0.05, 0.1) is 6.10 Å². The number of likely N-dealkylation sites (N-methyl/N-ethyl adjacent to an activating group) is 1. The summed E-state index contributed by atoms with van der Waals surface area (Å²) in [6.07, 6.45) is 6.08. The molecule has 0 amide bonds. The van der Waals surface area contributed by atoms with E-state index in [1.807, 2.05) is 0 Å². The summed E-state index contributed by atoms with van der Waals surface area (Å²) in [5.74, 6) is 0.744. The predicted molar refractivity (Wildman–Crippen MR) is 61.9 cm³/mol. The second kappa shape index (κ2) is 5.28. The number of hydrogen-bond acceptors (Lipinski definition) is 3. The molecule has 88 valence electrons. The van der Waals surface area contributed by atoms with E-state index in [2.05, 4.69) is 17.3 Å². The maximum atomic E-state index is 9.22. The third-order valence-corrected chi connectivity index (χ3v) is 3.73. The first-order valence-electron chi connectivity index (χ1n) is 6.34. The van der Waals surface area contributed by atoms with E-state index in [-0.39, 0.29) is 6.10 Å². The molecule has 0 radical (unpaired) electrons. The van der Waals surface area contributed by atoms with E-state index in [0.717, 1.165) is 25.3 Å². The number of aliphatic hydroxyl groups is 1. The highest BCUT2D eigenvalue weighted by molar-refractivity contribution is 4.82. The first kappa shape index (κ1) is 11.4. The van der Waals surface area contributed by atoms with Crippen molar-refractivity contribution in [3.63, 3.8) is 0 Å². The minimum atomic E-state index is -0.00351. The number of hydrogen-bond donors (Lipinski definition) is 2. The summed E-state index contributed by atoms with van der Waals surface area (Å²) < 4.78 is 0. The van der Waals surface area contributed by atoms with Gasteiger partial charge in [0.1, 0.15) is 0 Å². The molecule has 3 heteroatoms. The zero-order valence-electron chi connectivity index (χ0n) is 9.78. The van der Waals surface area contributed by atoms with Crippen molar-refractivity contribution in [3.8, 4) is 0 Å². The fourth-order valence-electron chi connectivity index (χ4n) is 2.82. The molecule has 0 bridgehead atoms. The van der Waals surface area contributed by atoms with Gasteiger partial charge in [-0.1, -0.05) is 6.42 Å². The van der Waals surface area contributed by atoms with Gasteiger partial charge in [0.2, 0.25) is 0 Å². The SMILES string of the molecule is CN(CC1CC(O)C1)CC1CCCCN1. The number of nitrogens with zero attached hydrogens (tertiary/aromatic N) is 1. The van der Waals surface area contributed by atoms with Crippen LogP contribution in [0, 0.1) is 5.92 Å². The molecule has 15 heavy (non-hydrogen) atoms. The molecule has 2 fully saturated rings. The van der Waals surface area contributed by atoms with E-state index < -0.39 is 0 Å². The second-order valence-electron chi connectivity index (χ2n) is 5.36. The van der Waals surface area contributed by atoms with Crippen LogP contribution in [0.3, 0.4) is 0 Å². The second-order valence-corrected chi connectivity index (χ2v) is 5.36. The average molecular weight is 212 g/mol. The van der Waals surface area contributed by atoms with E-state index in [1.165, 1.54) is 32.4 Å². The van der Waals surface area contributed by atoms with Gasteiger partial charge >= 0.3 is 0 Å². The van der Waals surface area contributed by atoms with E-state index in [9.17, 15) is 5.11 Å². The Morgan fingerprint density at radius 3 is 2.67 bits per heavy atom. The molecule has 1 atom stereocenters. The van der Waals surface area contributed by atoms with Crippen molar-refractivity contribution < 1.29 is 5.11 Å². The zero-order valence-corrected chi connectivity index (χ0v) is 9.78. The molecule has 1 saturated heterocycles. The molecule has 2 N–H and O–H groups in total. The van der Waals surface area contributed by atoms with Crippen molar-refractivity contribution in [1.29, 1.82) is 0 Å². The number of piperidine rings is 1. The average Bonchev–Trinajstić information content (AvgIpc) is 2.17. The van der Waals surface area contributed by atoms with E-state index in [4.69, 9.17) is 0 Å². The van der Waals surface area contributed by atoms with Gasteiger partial charge in [-0.05, 0) is 45.2 Å². The lowest BCUT2D eigenvalue weighted by molar-refractivity contribution is 0.0268. The van der Waals surface area contributed by atoms with Crippen molar-refractivity contribution in [2.75, 3.05) is 26.7 Å². The highest BCUT2D eigenvalue weighted by Crippen LogP contribution is 2.27. The highest BCUT2D eigenvalue weighted by Gasteiger charge is 2.28. The van der Waals surface area contributed by atoms with Crippen LogP contribution in [0.25, 0.3) is 0 Å². The van der Waals surface area contributed by atoms with E-state index in [0.29, 0.717) is 6.04 Å². The van der Waals surface area contributed by atoms with Gasteiger partial charge in [-0.25, -0.2) is 0 Å². The maximum Gasteiger partial charge on any atom is 0.0546 e. The largest absolute Gasteiger partial charge is 0.393 e. The summed E-state index contributed by atoms with van der Waals surface area (Å²) in [5, 5.41) is 12.8. The van der Waals surface area contributed by atoms with Crippen LogP contribution in [0.5, 0.6) is 0 Å². The molecule has 2 aliphatic rings. The highest BCUT2D eigenvalue weighted by atomic mass is 16.3. The molecule has 1 unspecified atom stereocenters. The van der Waals surface area contributed by atoms with Gasteiger partial charge < -0.3 is 15.3 Å². The molecule has 1 saturated carbocycles. The third-order valence-electron chi connectivity index (χ3n) is 3.73. The molecular formula is C12H24N2O.